The van der Waals surface area contributed by atoms with Crippen LogP contribution < -0.4 is 0 Å². The summed E-state index contributed by atoms with van der Waals surface area (Å²) in [5, 5.41) is 7.79. The first-order valence-electron chi connectivity index (χ1n) is 15.2. The minimum atomic E-state index is 1.17. The lowest BCUT2D eigenvalue weighted by Crippen LogP contribution is -1.93. The molecule has 0 saturated heterocycles. The van der Waals surface area contributed by atoms with Gasteiger partial charge < -0.3 is 8.97 Å². The molecule has 3 aromatic heterocycles. The molecule has 0 radical (unpaired) electrons. The van der Waals surface area contributed by atoms with Crippen LogP contribution >= 0.6 is 0 Å². The number of hydrogen-bond donors (Lipinski definition) is 0. The number of rotatable bonds is 3. The van der Waals surface area contributed by atoms with Gasteiger partial charge in [0.15, 0.2) is 0 Å². The Bertz CT molecular complexity index is 2690. The highest BCUT2D eigenvalue weighted by atomic mass is 15.0. The maximum absolute atomic E-state index is 2.46. The number of para-hydroxylation sites is 3. The van der Waals surface area contributed by atoms with E-state index >= 15 is 0 Å². The van der Waals surface area contributed by atoms with Crippen LogP contribution in [-0.4, -0.2) is 8.97 Å². The van der Waals surface area contributed by atoms with Gasteiger partial charge in [-0.15, -0.1) is 0 Å². The van der Waals surface area contributed by atoms with Gasteiger partial charge in [-0.2, -0.15) is 0 Å². The molecule has 3 heterocycles. The molecule has 0 bridgehead atoms. The van der Waals surface area contributed by atoms with Gasteiger partial charge in [0.05, 0.1) is 27.6 Å². The molecular formula is C42H26N2. The molecule has 10 aromatic rings. The van der Waals surface area contributed by atoms with E-state index in [2.05, 4.69) is 167 Å². The number of benzene rings is 7. The van der Waals surface area contributed by atoms with E-state index in [1.165, 1.54) is 87.8 Å². The van der Waals surface area contributed by atoms with E-state index in [1.54, 1.807) is 0 Å². The summed E-state index contributed by atoms with van der Waals surface area (Å²) >= 11 is 0. The number of hydrogen-bond acceptors (Lipinski definition) is 0. The molecule has 2 heteroatoms. The fraction of sp³-hybridized carbons (Fsp3) is 0. The van der Waals surface area contributed by atoms with Gasteiger partial charge in [0.25, 0.3) is 0 Å². The van der Waals surface area contributed by atoms with Gasteiger partial charge in [-0.25, -0.2) is 0 Å². The average molecular weight is 559 g/mol. The van der Waals surface area contributed by atoms with E-state index < -0.39 is 0 Å². The largest absolute Gasteiger partial charge is 0.309 e. The zero-order valence-electron chi connectivity index (χ0n) is 23.9. The van der Waals surface area contributed by atoms with E-state index in [0.717, 1.165) is 0 Å². The molecular weight excluding hydrogens is 532 g/mol. The van der Waals surface area contributed by atoms with Crippen LogP contribution in [0.5, 0.6) is 0 Å². The third kappa shape index (κ3) is 3.20. The molecule has 0 unspecified atom stereocenters. The molecule has 2 nitrogen and oxygen atoms in total. The first-order chi connectivity index (χ1) is 21.8. The van der Waals surface area contributed by atoms with Crippen LogP contribution in [0.3, 0.4) is 0 Å². The molecule has 0 aliphatic carbocycles. The first kappa shape index (κ1) is 23.7. The van der Waals surface area contributed by atoms with Crippen LogP contribution in [0.15, 0.2) is 158 Å². The molecule has 0 N–H and O–H groups in total. The van der Waals surface area contributed by atoms with Crippen molar-refractivity contribution in [1.82, 2.24) is 8.97 Å². The molecule has 44 heavy (non-hydrogen) atoms. The Morgan fingerprint density at radius 1 is 0.295 bits per heavy atom. The second kappa shape index (κ2) is 8.82. The number of nitrogens with zero attached hydrogens (tertiary/aromatic N) is 2. The second-order valence-corrected chi connectivity index (χ2v) is 11.8. The van der Waals surface area contributed by atoms with Crippen LogP contribution in [0.1, 0.15) is 0 Å². The molecule has 0 aliphatic heterocycles. The predicted octanol–water partition coefficient (Wildman–Crippen LogP) is 11.3. The summed E-state index contributed by atoms with van der Waals surface area (Å²) < 4.78 is 4.85. The first-order valence-corrected chi connectivity index (χ1v) is 15.2. The maximum atomic E-state index is 2.46. The molecule has 204 valence electrons. The van der Waals surface area contributed by atoms with Crippen LogP contribution in [-0.2, 0) is 0 Å². The monoisotopic (exact) mass is 558 g/mol. The second-order valence-electron chi connectivity index (χ2n) is 11.8. The smallest absolute Gasteiger partial charge is 0.0620 e. The van der Waals surface area contributed by atoms with Crippen molar-refractivity contribution in [3.05, 3.63) is 158 Å². The minimum absolute atomic E-state index is 1.17. The van der Waals surface area contributed by atoms with Crippen LogP contribution in [0.4, 0.5) is 0 Å². The Morgan fingerprint density at radius 2 is 0.841 bits per heavy atom. The summed E-state index contributed by atoms with van der Waals surface area (Å²) in [6, 6.07) is 57.7. The Balaban J connectivity index is 1.17. The number of fused-ring (bicyclic) bond motifs is 9. The summed E-state index contributed by atoms with van der Waals surface area (Å²) in [4.78, 5) is 0. The maximum Gasteiger partial charge on any atom is 0.0620 e. The van der Waals surface area contributed by atoms with Gasteiger partial charge in [-0.05, 0) is 64.7 Å². The quantitative estimate of drug-likeness (QED) is 0.204. The summed E-state index contributed by atoms with van der Waals surface area (Å²) in [6.45, 7) is 0. The molecule has 0 amide bonds. The van der Waals surface area contributed by atoms with Gasteiger partial charge in [0, 0.05) is 38.0 Å². The Hall–Kier alpha value is -5.86. The Kier molecular flexibility index (Phi) is 4.75. The van der Waals surface area contributed by atoms with Crippen LogP contribution in [0.2, 0.25) is 0 Å². The normalized spacial score (nSPS) is 12.1. The molecule has 0 atom stereocenters. The number of aromatic nitrogens is 2. The van der Waals surface area contributed by atoms with Crippen molar-refractivity contribution in [3.8, 4) is 27.9 Å². The minimum Gasteiger partial charge on any atom is -0.309 e. The standard InChI is InChI=1S/C42H26N2/c1-2-9-27(10-3-1)28-17-21-31(22-18-28)43-38-15-6-5-12-33(38)37-25-29(20-24-40(37)43)30-19-23-34-36-14-8-13-35-32-11-4-7-16-39(32)44(42(35)36)41(34)26-30/h1-26H. The van der Waals surface area contributed by atoms with Crippen molar-refractivity contribution in [1.29, 1.82) is 0 Å². The van der Waals surface area contributed by atoms with Gasteiger partial charge in [-0.3, -0.25) is 0 Å². The van der Waals surface area contributed by atoms with Gasteiger partial charge in [-0.1, -0.05) is 115 Å². The summed E-state index contributed by atoms with van der Waals surface area (Å²) in [7, 11) is 0. The SMILES string of the molecule is c1ccc(-c2ccc(-n3c4ccccc4c4cc(-c5ccc6c7cccc8c9ccccc9n(c6c5)c87)ccc43)cc2)cc1. The van der Waals surface area contributed by atoms with Crippen molar-refractivity contribution >= 4 is 59.9 Å². The van der Waals surface area contributed by atoms with E-state index in [4.69, 9.17) is 0 Å². The predicted molar refractivity (Wildman–Crippen MR) is 186 cm³/mol. The fourth-order valence-corrected chi connectivity index (χ4v) is 7.47. The third-order valence-corrected chi connectivity index (χ3v) is 9.46. The fourth-order valence-electron chi connectivity index (χ4n) is 7.47. The summed E-state index contributed by atoms with van der Waals surface area (Å²) in [5.74, 6) is 0. The molecule has 0 aliphatic rings. The van der Waals surface area contributed by atoms with Crippen LogP contribution in [0, 0.1) is 0 Å². The van der Waals surface area contributed by atoms with E-state index in [0.29, 0.717) is 0 Å². The van der Waals surface area contributed by atoms with Gasteiger partial charge >= 0.3 is 0 Å². The van der Waals surface area contributed by atoms with Crippen molar-refractivity contribution in [2.45, 2.75) is 0 Å². The van der Waals surface area contributed by atoms with Crippen molar-refractivity contribution in [2.75, 3.05) is 0 Å². The Labute approximate surface area is 254 Å². The average Bonchev–Trinajstić information content (AvgIpc) is 3.73. The molecule has 10 rings (SSSR count). The van der Waals surface area contributed by atoms with E-state index in [9.17, 15) is 0 Å². The molecule has 0 saturated carbocycles. The van der Waals surface area contributed by atoms with E-state index in [-0.39, 0.29) is 0 Å². The lowest BCUT2D eigenvalue weighted by atomic mass is 10.0. The van der Waals surface area contributed by atoms with Crippen molar-refractivity contribution in [2.24, 2.45) is 0 Å². The third-order valence-electron chi connectivity index (χ3n) is 9.46. The van der Waals surface area contributed by atoms with E-state index in [1.807, 2.05) is 0 Å². The highest BCUT2D eigenvalue weighted by Gasteiger charge is 2.18. The Morgan fingerprint density at radius 3 is 1.64 bits per heavy atom. The highest BCUT2D eigenvalue weighted by Crippen LogP contribution is 2.41. The molecule has 0 fully saturated rings. The van der Waals surface area contributed by atoms with Crippen LogP contribution in [0.25, 0.3) is 87.8 Å². The molecule has 0 spiro atoms. The van der Waals surface area contributed by atoms with Crippen molar-refractivity contribution in [3.63, 3.8) is 0 Å². The van der Waals surface area contributed by atoms with Gasteiger partial charge in [0.2, 0.25) is 0 Å². The van der Waals surface area contributed by atoms with Crippen molar-refractivity contribution < 1.29 is 0 Å². The molecule has 7 aromatic carbocycles. The zero-order valence-corrected chi connectivity index (χ0v) is 23.9. The topological polar surface area (TPSA) is 9.34 Å². The lowest BCUT2D eigenvalue weighted by Gasteiger charge is -2.10. The van der Waals surface area contributed by atoms with Gasteiger partial charge in [0.1, 0.15) is 0 Å². The highest BCUT2D eigenvalue weighted by molar-refractivity contribution is 6.23. The summed E-state index contributed by atoms with van der Waals surface area (Å²) in [6.07, 6.45) is 0. The lowest BCUT2D eigenvalue weighted by molar-refractivity contribution is 1.18. The summed E-state index contributed by atoms with van der Waals surface area (Å²) in [5.41, 5.74) is 12.4. The zero-order chi connectivity index (χ0) is 28.8.